The summed E-state index contributed by atoms with van der Waals surface area (Å²) in [6.45, 7) is 6.10. The van der Waals surface area contributed by atoms with Crippen molar-refractivity contribution in [3.63, 3.8) is 0 Å². The fourth-order valence-electron chi connectivity index (χ4n) is 1.87. The van der Waals surface area contributed by atoms with Crippen molar-refractivity contribution in [3.05, 3.63) is 58.7 Å². The Labute approximate surface area is 101 Å². The van der Waals surface area contributed by atoms with E-state index in [-0.39, 0.29) is 0 Å². The highest BCUT2D eigenvalue weighted by Crippen LogP contribution is 2.24. The van der Waals surface area contributed by atoms with Crippen LogP contribution in [0.2, 0.25) is 0 Å². The Kier molecular flexibility index (Phi) is 3.20. The van der Waals surface area contributed by atoms with E-state index < -0.39 is 6.10 Å². The van der Waals surface area contributed by atoms with Gasteiger partial charge in [-0.1, -0.05) is 12.1 Å². The first-order valence-electron chi connectivity index (χ1n) is 5.62. The van der Waals surface area contributed by atoms with E-state index in [2.05, 4.69) is 23.0 Å². The summed E-state index contributed by atoms with van der Waals surface area (Å²) in [5, 5.41) is 10.3. The number of benzene rings is 1. The third kappa shape index (κ3) is 2.34. The molecule has 88 valence electrons. The number of hydrogen-bond acceptors (Lipinski definition) is 3. The molecule has 0 aliphatic carbocycles. The molecule has 0 bridgehead atoms. The monoisotopic (exact) mass is 228 g/mol. The molecule has 0 spiro atoms. The van der Waals surface area contributed by atoms with E-state index in [0.29, 0.717) is 5.82 Å². The Balaban J connectivity index is 2.44. The molecule has 0 amide bonds. The van der Waals surface area contributed by atoms with Crippen LogP contribution in [0, 0.1) is 20.8 Å². The quantitative estimate of drug-likeness (QED) is 0.859. The molecule has 2 aromatic rings. The van der Waals surface area contributed by atoms with Crippen LogP contribution in [0.1, 0.15) is 34.2 Å². The first-order valence-corrected chi connectivity index (χ1v) is 5.62. The first kappa shape index (κ1) is 11.7. The number of hydrogen-bond donors (Lipinski definition) is 1. The average Bonchev–Trinajstić information content (AvgIpc) is 2.34. The normalized spacial score (nSPS) is 12.5. The Morgan fingerprint density at radius 3 is 2.18 bits per heavy atom. The summed E-state index contributed by atoms with van der Waals surface area (Å²) in [4.78, 5) is 8.17. The molecule has 1 N–H and O–H groups in total. The minimum atomic E-state index is -0.754. The molecule has 17 heavy (non-hydrogen) atoms. The number of aliphatic hydroxyl groups is 1. The lowest BCUT2D eigenvalue weighted by Crippen LogP contribution is -2.07. The van der Waals surface area contributed by atoms with Gasteiger partial charge in [0.05, 0.1) is 0 Å². The minimum Gasteiger partial charge on any atom is -0.380 e. The van der Waals surface area contributed by atoms with Crippen LogP contribution >= 0.6 is 0 Å². The standard InChI is InChI=1S/C14H16N2O/c1-9-7-11(3)12(8-10(9)2)13(17)14-15-5-4-6-16-14/h4-8,13,17H,1-3H3. The largest absolute Gasteiger partial charge is 0.380 e. The minimum absolute atomic E-state index is 0.443. The molecule has 2 rings (SSSR count). The first-order chi connectivity index (χ1) is 8.09. The van der Waals surface area contributed by atoms with Crippen LogP contribution in [-0.2, 0) is 0 Å². The summed E-state index contributed by atoms with van der Waals surface area (Å²) in [5.74, 6) is 0.443. The topological polar surface area (TPSA) is 46.0 Å². The van der Waals surface area contributed by atoms with E-state index in [0.717, 1.165) is 11.1 Å². The molecule has 3 heteroatoms. The van der Waals surface area contributed by atoms with Crippen LogP contribution in [0.3, 0.4) is 0 Å². The number of aryl methyl sites for hydroxylation is 3. The predicted molar refractivity (Wildman–Crippen MR) is 66.7 cm³/mol. The van der Waals surface area contributed by atoms with Crippen molar-refractivity contribution in [1.82, 2.24) is 9.97 Å². The molecule has 1 aromatic carbocycles. The van der Waals surface area contributed by atoms with E-state index in [4.69, 9.17) is 0 Å². The second kappa shape index (κ2) is 4.63. The zero-order valence-corrected chi connectivity index (χ0v) is 10.3. The number of rotatable bonds is 2. The maximum Gasteiger partial charge on any atom is 0.161 e. The summed E-state index contributed by atoms with van der Waals surface area (Å²) >= 11 is 0. The molecule has 0 saturated heterocycles. The fourth-order valence-corrected chi connectivity index (χ4v) is 1.87. The van der Waals surface area contributed by atoms with Gasteiger partial charge in [-0.25, -0.2) is 9.97 Å². The number of aliphatic hydroxyl groups excluding tert-OH is 1. The third-order valence-corrected chi connectivity index (χ3v) is 3.01. The van der Waals surface area contributed by atoms with Crippen molar-refractivity contribution in [2.45, 2.75) is 26.9 Å². The second-order valence-electron chi connectivity index (χ2n) is 4.30. The van der Waals surface area contributed by atoms with Crippen LogP contribution in [0.5, 0.6) is 0 Å². The Morgan fingerprint density at radius 1 is 0.941 bits per heavy atom. The summed E-state index contributed by atoms with van der Waals surface area (Å²) in [6.07, 6.45) is 2.53. The van der Waals surface area contributed by atoms with Gasteiger partial charge in [-0.05, 0) is 49.1 Å². The molecule has 1 unspecified atom stereocenters. The summed E-state index contributed by atoms with van der Waals surface area (Å²) in [5.41, 5.74) is 4.33. The van der Waals surface area contributed by atoms with Crippen LogP contribution in [0.15, 0.2) is 30.6 Å². The van der Waals surface area contributed by atoms with E-state index in [1.54, 1.807) is 18.5 Å². The highest BCUT2D eigenvalue weighted by molar-refractivity contribution is 5.39. The highest BCUT2D eigenvalue weighted by atomic mass is 16.3. The maximum atomic E-state index is 10.3. The van der Waals surface area contributed by atoms with Gasteiger partial charge in [0, 0.05) is 12.4 Å². The van der Waals surface area contributed by atoms with Crippen LogP contribution in [0.25, 0.3) is 0 Å². The smallest absolute Gasteiger partial charge is 0.161 e. The van der Waals surface area contributed by atoms with Crippen LogP contribution in [0.4, 0.5) is 0 Å². The number of aromatic nitrogens is 2. The van der Waals surface area contributed by atoms with Gasteiger partial charge in [-0.3, -0.25) is 0 Å². The SMILES string of the molecule is Cc1cc(C)c(C(O)c2ncccn2)cc1C. The van der Waals surface area contributed by atoms with Crippen molar-refractivity contribution in [2.75, 3.05) is 0 Å². The van der Waals surface area contributed by atoms with Crippen molar-refractivity contribution in [1.29, 1.82) is 0 Å². The van der Waals surface area contributed by atoms with Gasteiger partial charge in [-0.2, -0.15) is 0 Å². The Hall–Kier alpha value is -1.74. The van der Waals surface area contributed by atoms with Crippen molar-refractivity contribution in [3.8, 4) is 0 Å². The lowest BCUT2D eigenvalue weighted by atomic mass is 9.97. The highest BCUT2D eigenvalue weighted by Gasteiger charge is 2.15. The lowest BCUT2D eigenvalue weighted by Gasteiger charge is -2.14. The third-order valence-electron chi connectivity index (χ3n) is 3.01. The molecule has 0 aliphatic heterocycles. The van der Waals surface area contributed by atoms with Crippen molar-refractivity contribution < 1.29 is 5.11 Å². The van der Waals surface area contributed by atoms with Gasteiger partial charge in [0.2, 0.25) is 0 Å². The van der Waals surface area contributed by atoms with Crippen molar-refractivity contribution in [2.24, 2.45) is 0 Å². The zero-order chi connectivity index (χ0) is 12.4. The van der Waals surface area contributed by atoms with E-state index in [9.17, 15) is 5.11 Å². The van der Waals surface area contributed by atoms with E-state index in [1.165, 1.54) is 11.1 Å². The summed E-state index contributed by atoms with van der Waals surface area (Å²) in [6, 6.07) is 5.83. The molecule has 1 heterocycles. The predicted octanol–water partition coefficient (Wildman–Crippen LogP) is 2.48. The van der Waals surface area contributed by atoms with Gasteiger partial charge in [0.25, 0.3) is 0 Å². The average molecular weight is 228 g/mol. The molecule has 0 saturated carbocycles. The molecular formula is C14H16N2O. The number of nitrogens with zero attached hydrogens (tertiary/aromatic N) is 2. The Morgan fingerprint density at radius 2 is 1.53 bits per heavy atom. The van der Waals surface area contributed by atoms with Gasteiger partial charge in [0.1, 0.15) is 6.10 Å². The van der Waals surface area contributed by atoms with Gasteiger partial charge < -0.3 is 5.11 Å². The molecule has 0 radical (unpaired) electrons. The second-order valence-corrected chi connectivity index (χ2v) is 4.30. The summed E-state index contributed by atoms with van der Waals surface area (Å²) < 4.78 is 0. The van der Waals surface area contributed by atoms with E-state index >= 15 is 0 Å². The van der Waals surface area contributed by atoms with E-state index in [1.807, 2.05) is 19.9 Å². The van der Waals surface area contributed by atoms with Gasteiger partial charge >= 0.3 is 0 Å². The maximum absolute atomic E-state index is 10.3. The van der Waals surface area contributed by atoms with Crippen molar-refractivity contribution >= 4 is 0 Å². The summed E-state index contributed by atoms with van der Waals surface area (Å²) in [7, 11) is 0. The molecule has 0 aliphatic rings. The molecule has 1 atom stereocenters. The lowest BCUT2D eigenvalue weighted by molar-refractivity contribution is 0.209. The molecule has 1 aromatic heterocycles. The van der Waals surface area contributed by atoms with Gasteiger partial charge in [-0.15, -0.1) is 0 Å². The molecular weight excluding hydrogens is 212 g/mol. The van der Waals surface area contributed by atoms with Crippen LogP contribution < -0.4 is 0 Å². The van der Waals surface area contributed by atoms with Gasteiger partial charge in [0.15, 0.2) is 5.82 Å². The van der Waals surface area contributed by atoms with Crippen LogP contribution in [-0.4, -0.2) is 15.1 Å². The molecule has 3 nitrogen and oxygen atoms in total. The molecule has 0 fully saturated rings. The zero-order valence-electron chi connectivity index (χ0n) is 10.3. The fraction of sp³-hybridized carbons (Fsp3) is 0.286. The Bertz CT molecular complexity index is 523.